The number of nitrogens with one attached hydrogen (secondary N) is 1. The van der Waals surface area contributed by atoms with Gasteiger partial charge in [0.05, 0.1) is 29.5 Å². The molecule has 0 saturated heterocycles. The molecule has 6 nitrogen and oxygen atoms in total. The van der Waals surface area contributed by atoms with E-state index < -0.39 is 0 Å². The summed E-state index contributed by atoms with van der Waals surface area (Å²) in [5.74, 6) is -0.175. The molecule has 0 fully saturated rings. The van der Waals surface area contributed by atoms with E-state index in [-0.39, 0.29) is 5.91 Å². The molecule has 0 saturated carbocycles. The number of aromatic nitrogens is 3. The minimum atomic E-state index is -0.175. The number of carbonyl (C=O) groups excluding carboxylic acids is 1. The zero-order valence-electron chi connectivity index (χ0n) is 15.3. The van der Waals surface area contributed by atoms with Gasteiger partial charge in [0.15, 0.2) is 0 Å². The molecule has 2 aromatic carbocycles. The van der Waals surface area contributed by atoms with E-state index in [4.69, 9.17) is 0 Å². The third kappa shape index (κ3) is 2.75. The smallest absolute Gasteiger partial charge is 0.257 e. The summed E-state index contributed by atoms with van der Waals surface area (Å²) >= 11 is 0. The van der Waals surface area contributed by atoms with E-state index >= 15 is 0 Å². The van der Waals surface area contributed by atoms with E-state index in [2.05, 4.69) is 32.8 Å². The first-order valence-corrected chi connectivity index (χ1v) is 9.04. The molecule has 0 radical (unpaired) electrons. The summed E-state index contributed by atoms with van der Waals surface area (Å²) in [7, 11) is 0. The second-order valence-corrected chi connectivity index (χ2v) is 6.83. The van der Waals surface area contributed by atoms with Gasteiger partial charge in [-0.1, -0.05) is 41.6 Å². The summed E-state index contributed by atoms with van der Waals surface area (Å²) in [6.07, 6.45) is 3.37. The average Bonchev–Trinajstić information content (AvgIpc) is 3.34. The van der Waals surface area contributed by atoms with Crippen LogP contribution in [0.1, 0.15) is 32.6 Å². The van der Waals surface area contributed by atoms with Crippen LogP contribution in [0.2, 0.25) is 0 Å². The van der Waals surface area contributed by atoms with Gasteiger partial charge in [0.2, 0.25) is 0 Å². The predicted molar refractivity (Wildman–Crippen MR) is 108 cm³/mol. The number of aryl methyl sites for hydroxylation is 1. The van der Waals surface area contributed by atoms with Crippen LogP contribution in [0.3, 0.4) is 0 Å². The number of anilines is 1. The summed E-state index contributed by atoms with van der Waals surface area (Å²) in [5.41, 5.74) is 7.31. The van der Waals surface area contributed by atoms with E-state index in [9.17, 15) is 4.79 Å². The van der Waals surface area contributed by atoms with Crippen LogP contribution in [0.4, 0.5) is 5.69 Å². The number of hydrogen-bond donors (Lipinski definition) is 1. The highest BCUT2D eigenvalue weighted by atomic mass is 16.1. The first-order valence-electron chi connectivity index (χ1n) is 9.04. The van der Waals surface area contributed by atoms with Crippen molar-refractivity contribution in [1.82, 2.24) is 14.8 Å². The lowest BCUT2D eigenvalue weighted by molar-refractivity contribution is 0.102. The third-order valence-electron chi connectivity index (χ3n) is 4.97. The quantitative estimate of drug-likeness (QED) is 0.601. The molecule has 0 spiro atoms. The van der Waals surface area contributed by atoms with Crippen LogP contribution < -0.4 is 5.32 Å². The molecule has 1 N–H and O–H groups in total. The van der Waals surface area contributed by atoms with Crippen molar-refractivity contribution >= 4 is 22.8 Å². The van der Waals surface area contributed by atoms with Crippen molar-refractivity contribution in [2.75, 3.05) is 5.32 Å². The van der Waals surface area contributed by atoms with Crippen LogP contribution in [0.5, 0.6) is 0 Å². The van der Waals surface area contributed by atoms with Crippen molar-refractivity contribution in [3.8, 4) is 0 Å². The molecule has 3 heterocycles. The topological polar surface area (TPSA) is 71.7 Å². The molecular formula is C22H17N5O. The first kappa shape index (κ1) is 16.4. The van der Waals surface area contributed by atoms with Gasteiger partial charge in [0, 0.05) is 23.0 Å². The van der Waals surface area contributed by atoms with Gasteiger partial charge in [-0.05, 0) is 36.2 Å². The first-order chi connectivity index (χ1) is 13.7. The number of fused-ring (bicyclic) bond motifs is 2. The summed E-state index contributed by atoms with van der Waals surface area (Å²) in [4.78, 5) is 17.5. The lowest BCUT2D eigenvalue weighted by atomic mass is 9.99. The number of amides is 1. The number of benzene rings is 2. The molecule has 6 heteroatoms. The zero-order chi connectivity index (χ0) is 19.1. The van der Waals surface area contributed by atoms with Gasteiger partial charge in [-0.2, -0.15) is 0 Å². The zero-order valence-corrected chi connectivity index (χ0v) is 15.3. The Morgan fingerprint density at radius 3 is 2.82 bits per heavy atom. The highest BCUT2D eigenvalue weighted by Crippen LogP contribution is 2.26. The molecule has 0 unspecified atom stereocenters. The largest absolute Gasteiger partial charge is 0.322 e. The molecule has 136 valence electrons. The Labute approximate surface area is 161 Å². The average molecular weight is 367 g/mol. The van der Waals surface area contributed by atoms with Crippen molar-refractivity contribution in [2.24, 2.45) is 4.99 Å². The van der Waals surface area contributed by atoms with Crippen LogP contribution in [0.15, 0.2) is 72.0 Å². The second-order valence-electron chi connectivity index (χ2n) is 6.83. The van der Waals surface area contributed by atoms with Crippen LogP contribution in [-0.4, -0.2) is 26.4 Å². The summed E-state index contributed by atoms with van der Waals surface area (Å²) < 4.78 is 1.60. The van der Waals surface area contributed by atoms with Gasteiger partial charge < -0.3 is 5.32 Å². The molecule has 4 aromatic rings. The Bertz CT molecular complexity index is 1240. The summed E-state index contributed by atoms with van der Waals surface area (Å²) in [6, 6.07) is 17.9. The summed E-state index contributed by atoms with van der Waals surface area (Å²) in [6.45, 7) is 2.57. The molecule has 1 aliphatic rings. The van der Waals surface area contributed by atoms with Crippen molar-refractivity contribution in [3.63, 3.8) is 0 Å². The molecule has 5 rings (SSSR count). The number of rotatable bonds is 3. The third-order valence-corrected chi connectivity index (χ3v) is 4.97. The number of hydrogen-bond acceptors (Lipinski definition) is 4. The Morgan fingerprint density at radius 1 is 1.11 bits per heavy atom. The highest BCUT2D eigenvalue weighted by molar-refractivity contribution is 6.16. The maximum atomic E-state index is 12.8. The highest BCUT2D eigenvalue weighted by Gasteiger charge is 2.19. The van der Waals surface area contributed by atoms with Crippen LogP contribution in [-0.2, 0) is 6.54 Å². The van der Waals surface area contributed by atoms with Crippen LogP contribution in [0.25, 0.3) is 5.52 Å². The fourth-order valence-corrected chi connectivity index (χ4v) is 3.52. The van der Waals surface area contributed by atoms with Crippen molar-refractivity contribution < 1.29 is 4.79 Å². The monoisotopic (exact) mass is 367 g/mol. The molecule has 1 aliphatic heterocycles. The van der Waals surface area contributed by atoms with E-state index in [0.29, 0.717) is 12.1 Å². The number of aliphatic imine (C=N–C) groups is 1. The van der Waals surface area contributed by atoms with Gasteiger partial charge in [0.25, 0.3) is 5.91 Å². The van der Waals surface area contributed by atoms with E-state index in [1.165, 1.54) is 0 Å². The SMILES string of the molecule is Cc1cc2cnnn2cc1C(=O)Nc1ccc2c(c1)C(c1ccccc1)=NC2. The van der Waals surface area contributed by atoms with Gasteiger partial charge in [-0.15, -0.1) is 5.10 Å². The van der Waals surface area contributed by atoms with E-state index in [0.717, 1.165) is 39.2 Å². The van der Waals surface area contributed by atoms with Gasteiger partial charge in [-0.25, -0.2) is 4.52 Å². The Hall–Kier alpha value is -3.80. The molecule has 1 amide bonds. The maximum Gasteiger partial charge on any atom is 0.257 e. The predicted octanol–water partition coefficient (Wildman–Crippen LogP) is 3.64. The van der Waals surface area contributed by atoms with Crippen molar-refractivity contribution in [2.45, 2.75) is 13.5 Å². The normalized spacial score (nSPS) is 12.7. The van der Waals surface area contributed by atoms with Gasteiger partial charge in [0.1, 0.15) is 0 Å². The van der Waals surface area contributed by atoms with Crippen molar-refractivity contribution in [1.29, 1.82) is 0 Å². The molecule has 2 aromatic heterocycles. The molecule has 0 bridgehead atoms. The van der Waals surface area contributed by atoms with Crippen molar-refractivity contribution in [3.05, 3.63) is 94.8 Å². The number of nitrogens with zero attached hydrogens (tertiary/aromatic N) is 4. The maximum absolute atomic E-state index is 12.8. The number of pyridine rings is 1. The Kier molecular flexibility index (Phi) is 3.76. The fourth-order valence-electron chi connectivity index (χ4n) is 3.52. The van der Waals surface area contributed by atoms with Crippen LogP contribution in [0, 0.1) is 6.92 Å². The minimum Gasteiger partial charge on any atom is -0.322 e. The lowest BCUT2D eigenvalue weighted by Crippen LogP contribution is -2.15. The lowest BCUT2D eigenvalue weighted by Gasteiger charge is -2.11. The van der Waals surface area contributed by atoms with Gasteiger partial charge >= 0.3 is 0 Å². The number of carbonyl (C=O) groups is 1. The summed E-state index contributed by atoms with van der Waals surface area (Å²) in [5, 5.41) is 10.8. The molecular weight excluding hydrogens is 350 g/mol. The fraction of sp³-hybridized carbons (Fsp3) is 0.0909. The van der Waals surface area contributed by atoms with E-state index in [1.807, 2.05) is 49.4 Å². The van der Waals surface area contributed by atoms with Gasteiger partial charge in [-0.3, -0.25) is 9.79 Å². The molecule has 0 aliphatic carbocycles. The Morgan fingerprint density at radius 2 is 1.96 bits per heavy atom. The Balaban J connectivity index is 1.46. The second kappa shape index (κ2) is 6.42. The molecule has 28 heavy (non-hydrogen) atoms. The molecule has 0 atom stereocenters. The standard InChI is InChI=1S/C22H17N5O/c1-14-9-18-12-24-26-27(18)13-20(14)22(28)25-17-8-7-16-11-23-21(19(16)10-17)15-5-3-2-4-6-15/h2-10,12-13H,11H2,1H3,(H,25,28). The van der Waals surface area contributed by atoms with E-state index in [1.54, 1.807) is 16.9 Å². The minimum absolute atomic E-state index is 0.175. The van der Waals surface area contributed by atoms with Crippen LogP contribution >= 0.6 is 0 Å².